The summed E-state index contributed by atoms with van der Waals surface area (Å²) < 4.78 is 50.3. The van der Waals surface area contributed by atoms with Crippen LogP contribution < -0.4 is 10.9 Å². The number of sulfone groups is 2. The number of nitrogens with one attached hydrogen (secondary N) is 2. The van der Waals surface area contributed by atoms with Gasteiger partial charge in [0.2, 0.25) is 0 Å². The lowest BCUT2D eigenvalue weighted by atomic mass is 9.82. The lowest BCUT2D eigenvalue weighted by Gasteiger charge is -2.23. The van der Waals surface area contributed by atoms with Crippen LogP contribution in [-0.2, 0) is 29.3 Å². The molecule has 2 N–H and O–H groups in total. The first-order valence-electron chi connectivity index (χ1n) is 8.84. The maximum Gasteiger partial charge on any atom is 0.254 e. The van der Waals surface area contributed by atoms with Crippen LogP contribution in [-0.4, -0.2) is 40.2 Å². The molecule has 0 unspecified atom stereocenters. The molecule has 1 saturated heterocycles. The molecule has 10 heteroatoms. The molecule has 0 spiro atoms. The van der Waals surface area contributed by atoms with Gasteiger partial charge in [-0.2, -0.15) is 0 Å². The zero-order valence-electron chi connectivity index (χ0n) is 15.4. The van der Waals surface area contributed by atoms with E-state index in [2.05, 4.69) is 10.9 Å². The molecule has 3 rings (SSSR count). The summed E-state index contributed by atoms with van der Waals surface area (Å²) in [4.78, 5) is 25.0. The van der Waals surface area contributed by atoms with Crippen molar-refractivity contribution in [2.45, 2.75) is 22.6 Å². The number of hydrogen-bond donors (Lipinski definition) is 2. The Bertz CT molecular complexity index is 1020. The minimum atomic E-state index is -3.75. The summed E-state index contributed by atoms with van der Waals surface area (Å²) in [6, 6.07) is 15.3. The zero-order chi connectivity index (χ0) is 21.1. The van der Waals surface area contributed by atoms with Gasteiger partial charge in [-0.3, -0.25) is 20.4 Å². The van der Waals surface area contributed by atoms with Gasteiger partial charge in [-0.1, -0.05) is 36.4 Å². The van der Waals surface area contributed by atoms with Crippen molar-refractivity contribution in [1.82, 2.24) is 10.9 Å². The Morgan fingerprint density at radius 3 is 1.31 bits per heavy atom. The van der Waals surface area contributed by atoms with Gasteiger partial charge in [0.25, 0.3) is 11.8 Å². The fourth-order valence-corrected chi connectivity index (χ4v) is 5.99. The maximum absolute atomic E-state index is 12.6. The van der Waals surface area contributed by atoms with Crippen molar-refractivity contribution in [3.05, 3.63) is 60.7 Å². The maximum atomic E-state index is 12.6. The molecule has 1 aliphatic rings. The monoisotopic (exact) mass is 436 g/mol. The van der Waals surface area contributed by atoms with Gasteiger partial charge in [0.15, 0.2) is 19.7 Å². The lowest BCUT2D eigenvalue weighted by molar-refractivity contribution is -0.136. The molecular weight excluding hydrogens is 416 g/mol. The molecule has 0 bridgehead atoms. The second kappa shape index (κ2) is 7.96. The van der Waals surface area contributed by atoms with E-state index in [4.69, 9.17) is 0 Å². The number of rotatable bonds is 8. The van der Waals surface area contributed by atoms with Gasteiger partial charge >= 0.3 is 0 Å². The summed E-state index contributed by atoms with van der Waals surface area (Å²) in [5, 5.41) is 0. The third-order valence-corrected chi connectivity index (χ3v) is 8.42. The zero-order valence-corrected chi connectivity index (χ0v) is 17.0. The predicted octanol–water partition coefficient (Wildman–Crippen LogP) is 0.862. The van der Waals surface area contributed by atoms with Crippen molar-refractivity contribution in [2.75, 3.05) is 11.5 Å². The van der Waals surface area contributed by atoms with Gasteiger partial charge < -0.3 is 0 Å². The smallest absolute Gasteiger partial charge is 0.254 e. The highest BCUT2D eigenvalue weighted by Gasteiger charge is 2.51. The van der Waals surface area contributed by atoms with E-state index in [9.17, 15) is 26.4 Å². The van der Waals surface area contributed by atoms with E-state index in [0.717, 1.165) is 0 Å². The highest BCUT2D eigenvalue weighted by molar-refractivity contribution is 7.91. The molecule has 29 heavy (non-hydrogen) atoms. The Labute approximate surface area is 169 Å². The Kier molecular flexibility index (Phi) is 5.76. The van der Waals surface area contributed by atoms with Crippen molar-refractivity contribution >= 4 is 31.5 Å². The van der Waals surface area contributed by atoms with E-state index in [1.165, 1.54) is 24.3 Å². The van der Waals surface area contributed by atoms with Crippen LogP contribution in [0.25, 0.3) is 0 Å². The van der Waals surface area contributed by atoms with Crippen LogP contribution in [0.1, 0.15) is 12.8 Å². The number of hydrazine groups is 1. The lowest BCUT2D eigenvalue weighted by Crippen LogP contribution is -2.39. The molecule has 0 atom stereocenters. The molecule has 2 aromatic rings. The van der Waals surface area contributed by atoms with E-state index < -0.39 is 48.4 Å². The Hall–Kier alpha value is -2.72. The van der Waals surface area contributed by atoms with Crippen molar-refractivity contribution in [3.8, 4) is 0 Å². The number of amides is 2. The molecule has 8 nitrogen and oxygen atoms in total. The van der Waals surface area contributed by atoms with Gasteiger partial charge in [0, 0.05) is 0 Å². The first kappa shape index (κ1) is 21.0. The topological polar surface area (TPSA) is 126 Å². The third kappa shape index (κ3) is 4.33. The Morgan fingerprint density at radius 2 is 0.966 bits per heavy atom. The van der Waals surface area contributed by atoms with Crippen molar-refractivity contribution in [3.63, 3.8) is 0 Å². The van der Waals surface area contributed by atoms with E-state index in [1.807, 2.05) is 0 Å². The minimum Gasteiger partial charge on any atom is -0.272 e. The second-order valence-electron chi connectivity index (χ2n) is 6.75. The highest BCUT2D eigenvalue weighted by Crippen LogP contribution is 2.33. The van der Waals surface area contributed by atoms with Crippen LogP contribution in [0.15, 0.2) is 70.5 Å². The van der Waals surface area contributed by atoms with Gasteiger partial charge in [0.05, 0.1) is 21.3 Å². The number of carbonyl (C=O) groups excluding carboxylic acids is 2. The molecule has 1 aliphatic heterocycles. The summed E-state index contributed by atoms with van der Waals surface area (Å²) in [5.74, 6) is -2.39. The van der Waals surface area contributed by atoms with E-state index in [1.54, 1.807) is 36.4 Å². The van der Waals surface area contributed by atoms with Crippen LogP contribution in [0.3, 0.4) is 0 Å². The largest absolute Gasteiger partial charge is 0.272 e. The molecule has 0 saturated carbocycles. The normalized spacial score (nSPS) is 16.3. The van der Waals surface area contributed by atoms with Gasteiger partial charge in [-0.05, 0) is 37.1 Å². The van der Waals surface area contributed by atoms with Crippen LogP contribution >= 0.6 is 0 Å². The fourth-order valence-electron chi connectivity index (χ4n) is 3.14. The van der Waals surface area contributed by atoms with Gasteiger partial charge in [0.1, 0.15) is 5.41 Å². The summed E-state index contributed by atoms with van der Waals surface area (Å²) in [6.45, 7) is 0. The molecular formula is C19H20N2O6S2. The quantitative estimate of drug-likeness (QED) is 0.591. The summed E-state index contributed by atoms with van der Waals surface area (Å²) in [6.07, 6.45) is -0.654. The van der Waals surface area contributed by atoms with E-state index >= 15 is 0 Å². The average molecular weight is 437 g/mol. The van der Waals surface area contributed by atoms with Crippen LogP contribution in [0.2, 0.25) is 0 Å². The van der Waals surface area contributed by atoms with Crippen LogP contribution in [0.4, 0.5) is 0 Å². The van der Waals surface area contributed by atoms with Crippen molar-refractivity contribution in [1.29, 1.82) is 0 Å². The predicted molar refractivity (Wildman–Crippen MR) is 105 cm³/mol. The number of benzene rings is 2. The second-order valence-corrected chi connectivity index (χ2v) is 11.0. The Morgan fingerprint density at radius 1 is 0.621 bits per heavy atom. The number of carbonyl (C=O) groups is 2. The van der Waals surface area contributed by atoms with Crippen LogP contribution in [0.5, 0.6) is 0 Å². The standard InChI is InChI=1S/C19H20N2O6S2/c22-17-19(18(23)21-20-17,11-13-28(24,25)15-7-3-1-4-8-15)12-14-29(26,27)16-9-5-2-6-10-16/h1-10H,11-14H2,(H,20,22)(H,21,23). The molecule has 1 heterocycles. The first-order chi connectivity index (χ1) is 13.7. The molecule has 2 amide bonds. The summed E-state index contributed by atoms with van der Waals surface area (Å²) in [7, 11) is -7.50. The van der Waals surface area contributed by atoms with Crippen LogP contribution in [0, 0.1) is 5.41 Å². The molecule has 0 aromatic heterocycles. The SMILES string of the molecule is O=C1NNC(=O)C1(CCS(=O)(=O)c1ccccc1)CCS(=O)(=O)c1ccccc1. The minimum absolute atomic E-state index is 0.0749. The fraction of sp³-hybridized carbons (Fsp3) is 0.263. The number of hydrogen-bond acceptors (Lipinski definition) is 6. The molecule has 154 valence electrons. The average Bonchev–Trinajstić information content (AvgIpc) is 3.01. The summed E-state index contributed by atoms with van der Waals surface area (Å²) >= 11 is 0. The van der Waals surface area contributed by atoms with Crippen molar-refractivity contribution in [2.24, 2.45) is 5.41 Å². The Balaban J connectivity index is 1.82. The van der Waals surface area contributed by atoms with Gasteiger partial charge in [-0.15, -0.1) is 0 Å². The molecule has 0 radical (unpaired) electrons. The highest BCUT2D eigenvalue weighted by atomic mass is 32.2. The summed E-state index contributed by atoms with van der Waals surface area (Å²) in [5.41, 5.74) is 2.59. The molecule has 2 aromatic carbocycles. The van der Waals surface area contributed by atoms with E-state index in [0.29, 0.717) is 0 Å². The first-order valence-corrected chi connectivity index (χ1v) is 12.1. The third-order valence-electron chi connectivity index (χ3n) is 4.96. The van der Waals surface area contributed by atoms with Gasteiger partial charge in [-0.25, -0.2) is 16.8 Å². The van der Waals surface area contributed by atoms with Crippen molar-refractivity contribution < 1.29 is 26.4 Å². The molecule has 0 aliphatic carbocycles. The van der Waals surface area contributed by atoms with E-state index in [-0.39, 0.29) is 22.6 Å². The molecule has 1 fully saturated rings.